The second-order valence-electron chi connectivity index (χ2n) is 3.51. The molecule has 1 rings (SSSR count). The van der Waals surface area contributed by atoms with Crippen LogP contribution in [0.3, 0.4) is 0 Å². The predicted molar refractivity (Wildman–Crippen MR) is 67.3 cm³/mol. The average molecular weight is 329 g/mol. The van der Waals surface area contributed by atoms with E-state index < -0.39 is 11.6 Å². The van der Waals surface area contributed by atoms with Crippen LogP contribution in [-0.2, 0) is 11.3 Å². The molecular formula is C11H13BrClF2NO. The molecule has 6 heteroatoms. The van der Waals surface area contributed by atoms with Gasteiger partial charge in [0, 0.05) is 25.8 Å². The highest BCUT2D eigenvalue weighted by atomic mass is 79.9. The largest absolute Gasteiger partial charge is 0.383 e. The molecule has 0 spiro atoms. The van der Waals surface area contributed by atoms with Gasteiger partial charge in [-0.1, -0.05) is 0 Å². The molecule has 1 N–H and O–H groups in total. The topological polar surface area (TPSA) is 21.3 Å². The van der Waals surface area contributed by atoms with E-state index >= 15 is 0 Å². The Kier molecular flexibility index (Phi) is 6.33. The summed E-state index contributed by atoms with van der Waals surface area (Å²) in [7, 11) is 1.54. The van der Waals surface area contributed by atoms with Crippen LogP contribution in [0.2, 0.25) is 0 Å². The predicted octanol–water partition coefficient (Wildman–Crippen LogP) is 3.07. The minimum Gasteiger partial charge on any atom is -0.383 e. The van der Waals surface area contributed by atoms with Gasteiger partial charge in [0.1, 0.15) is 11.6 Å². The maximum atomic E-state index is 13.6. The smallest absolute Gasteiger partial charge is 0.144 e. The molecule has 96 valence electrons. The van der Waals surface area contributed by atoms with Crippen molar-refractivity contribution in [2.75, 3.05) is 20.3 Å². The van der Waals surface area contributed by atoms with E-state index in [-0.39, 0.29) is 22.0 Å². The lowest BCUT2D eigenvalue weighted by Gasteiger charge is -2.11. The SMILES string of the molecule is COCC(Cl)CNCc1c(F)ccc(Br)c1F. The van der Waals surface area contributed by atoms with Gasteiger partial charge < -0.3 is 10.1 Å². The van der Waals surface area contributed by atoms with Gasteiger partial charge in [-0.2, -0.15) is 0 Å². The molecule has 0 aromatic heterocycles. The van der Waals surface area contributed by atoms with Crippen molar-refractivity contribution in [1.82, 2.24) is 5.32 Å². The highest BCUT2D eigenvalue weighted by Crippen LogP contribution is 2.21. The Labute approximate surface area is 112 Å². The molecule has 0 fully saturated rings. The van der Waals surface area contributed by atoms with Gasteiger partial charge in [0.2, 0.25) is 0 Å². The molecule has 17 heavy (non-hydrogen) atoms. The van der Waals surface area contributed by atoms with Gasteiger partial charge in [-0.15, -0.1) is 11.6 Å². The van der Waals surface area contributed by atoms with Crippen LogP contribution in [0.1, 0.15) is 5.56 Å². The average Bonchev–Trinajstić information content (AvgIpc) is 2.29. The maximum absolute atomic E-state index is 13.6. The second kappa shape index (κ2) is 7.26. The Balaban J connectivity index is 2.55. The van der Waals surface area contributed by atoms with E-state index in [1.165, 1.54) is 12.1 Å². The molecule has 1 unspecified atom stereocenters. The standard InChI is InChI=1S/C11H13BrClF2NO/c1-17-6-7(13)4-16-5-8-10(14)3-2-9(12)11(8)15/h2-3,7,16H,4-6H2,1H3. The molecule has 1 aromatic carbocycles. The number of ether oxygens (including phenoxy) is 1. The van der Waals surface area contributed by atoms with E-state index in [1.54, 1.807) is 7.11 Å². The molecule has 2 nitrogen and oxygen atoms in total. The lowest BCUT2D eigenvalue weighted by Crippen LogP contribution is -2.26. The highest BCUT2D eigenvalue weighted by Gasteiger charge is 2.12. The molecule has 1 aromatic rings. The Hall–Kier alpha value is -0.230. The van der Waals surface area contributed by atoms with Crippen LogP contribution in [0.4, 0.5) is 8.78 Å². The summed E-state index contributed by atoms with van der Waals surface area (Å²) in [4.78, 5) is 0. The van der Waals surface area contributed by atoms with Crippen molar-refractivity contribution in [1.29, 1.82) is 0 Å². The first-order chi connectivity index (χ1) is 8.06. The Bertz CT molecular complexity index is 379. The van der Waals surface area contributed by atoms with Gasteiger partial charge >= 0.3 is 0 Å². The molecule has 0 aliphatic heterocycles. The van der Waals surface area contributed by atoms with Crippen LogP contribution in [-0.4, -0.2) is 25.6 Å². The van der Waals surface area contributed by atoms with Gasteiger partial charge in [-0.05, 0) is 28.1 Å². The summed E-state index contributed by atoms with van der Waals surface area (Å²) < 4.78 is 32.0. The highest BCUT2D eigenvalue weighted by molar-refractivity contribution is 9.10. The van der Waals surface area contributed by atoms with Crippen LogP contribution in [0, 0.1) is 11.6 Å². The quantitative estimate of drug-likeness (QED) is 0.640. The van der Waals surface area contributed by atoms with E-state index in [4.69, 9.17) is 16.3 Å². The monoisotopic (exact) mass is 327 g/mol. The molecule has 0 bridgehead atoms. The number of alkyl halides is 1. The summed E-state index contributed by atoms with van der Waals surface area (Å²) in [6.45, 7) is 0.892. The first kappa shape index (κ1) is 14.8. The van der Waals surface area contributed by atoms with Crippen LogP contribution in [0.15, 0.2) is 16.6 Å². The summed E-state index contributed by atoms with van der Waals surface area (Å²) in [6.07, 6.45) is 0. The number of nitrogens with one attached hydrogen (secondary N) is 1. The molecule has 0 heterocycles. The summed E-state index contributed by atoms with van der Waals surface area (Å²) >= 11 is 8.88. The lowest BCUT2D eigenvalue weighted by atomic mass is 10.2. The maximum Gasteiger partial charge on any atom is 0.144 e. The van der Waals surface area contributed by atoms with E-state index in [2.05, 4.69) is 21.2 Å². The Morgan fingerprint density at radius 2 is 2.18 bits per heavy atom. The molecule has 1 atom stereocenters. The zero-order valence-corrected chi connectivity index (χ0v) is 11.6. The number of hydrogen-bond donors (Lipinski definition) is 1. The van der Waals surface area contributed by atoms with Crippen LogP contribution >= 0.6 is 27.5 Å². The van der Waals surface area contributed by atoms with Crippen molar-refractivity contribution in [3.05, 3.63) is 33.8 Å². The van der Waals surface area contributed by atoms with Crippen molar-refractivity contribution in [2.24, 2.45) is 0 Å². The Morgan fingerprint density at radius 1 is 1.47 bits per heavy atom. The van der Waals surface area contributed by atoms with E-state index in [0.29, 0.717) is 13.2 Å². The third kappa shape index (κ3) is 4.50. The molecule has 0 saturated carbocycles. The van der Waals surface area contributed by atoms with Gasteiger partial charge in [0.05, 0.1) is 16.5 Å². The summed E-state index contributed by atoms with van der Waals surface area (Å²) in [6, 6.07) is 2.56. The van der Waals surface area contributed by atoms with Crippen LogP contribution < -0.4 is 5.32 Å². The van der Waals surface area contributed by atoms with Gasteiger partial charge in [-0.3, -0.25) is 0 Å². The molecule has 0 saturated heterocycles. The zero-order valence-electron chi connectivity index (χ0n) is 9.27. The lowest BCUT2D eigenvalue weighted by molar-refractivity contribution is 0.196. The minimum atomic E-state index is -0.588. The fourth-order valence-corrected chi connectivity index (χ4v) is 1.93. The van der Waals surface area contributed by atoms with E-state index in [0.717, 1.165) is 0 Å². The third-order valence-corrected chi connectivity index (χ3v) is 3.05. The first-order valence-electron chi connectivity index (χ1n) is 5.02. The van der Waals surface area contributed by atoms with E-state index in [9.17, 15) is 8.78 Å². The molecule has 0 aliphatic rings. The number of methoxy groups -OCH3 is 1. The van der Waals surface area contributed by atoms with Crippen molar-refractivity contribution in [3.63, 3.8) is 0 Å². The van der Waals surface area contributed by atoms with Gasteiger partial charge in [0.15, 0.2) is 0 Å². The summed E-state index contributed by atoms with van der Waals surface area (Å²) in [5, 5.41) is 2.66. The summed E-state index contributed by atoms with van der Waals surface area (Å²) in [5.74, 6) is -1.16. The van der Waals surface area contributed by atoms with Crippen molar-refractivity contribution in [3.8, 4) is 0 Å². The zero-order chi connectivity index (χ0) is 12.8. The minimum absolute atomic E-state index is 0.000610. The second-order valence-corrected chi connectivity index (χ2v) is 4.98. The van der Waals surface area contributed by atoms with Crippen molar-refractivity contribution < 1.29 is 13.5 Å². The van der Waals surface area contributed by atoms with Crippen molar-refractivity contribution >= 4 is 27.5 Å². The first-order valence-corrected chi connectivity index (χ1v) is 6.25. The number of halogens is 4. The number of hydrogen-bond acceptors (Lipinski definition) is 2. The Morgan fingerprint density at radius 3 is 2.82 bits per heavy atom. The normalized spacial score (nSPS) is 12.8. The molecule has 0 aliphatic carbocycles. The fourth-order valence-electron chi connectivity index (χ4n) is 1.32. The van der Waals surface area contributed by atoms with Crippen molar-refractivity contribution in [2.45, 2.75) is 11.9 Å². The number of benzene rings is 1. The van der Waals surface area contributed by atoms with E-state index in [1.807, 2.05) is 0 Å². The van der Waals surface area contributed by atoms with Gasteiger partial charge in [0.25, 0.3) is 0 Å². The third-order valence-electron chi connectivity index (χ3n) is 2.15. The van der Waals surface area contributed by atoms with Gasteiger partial charge in [-0.25, -0.2) is 8.78 Å². The molecular weight excluding hydrogens is 315 g/mol. The molecule has 0 radical (unpaired) electrons. The fraction of sp³-hybridized carbons (Fsp3) is 0.455. The number of rotatable bonds is 6. The van der Waals surface area contributed by atoms with Crippen LogP contribution in [0.5, 0.6) is 0 Å². The molecule has 0 amide bonds. The summed E-state index contributed by atoms with van der Waals surface area (Å²) in [5.41, 5.74) is 0.000610. The van der Waals surface area contributed by atoms with Crippen LogP contribution in [0.25, 0.3) is 0 Å².